The van der Waals surface area contributed by atoms with E-state index in [0.29, 0.717) is 0 Å². The molecule has 0 aliphatic heterocycles. The van der Waals surface area contributed by atoms with Crippen molar-refractivity contribution < 1.29 is 4.74 Å². The summed E-state index contributed by atoms with van der Waals surface area (Å²) in [5.74, 6) is 0. The van der Waals surface area contributed by atoms with Gasteiger partial charge in [-0.2, -0.15) is 5.26 Å². The highest BCUT2D eigenvalue weighted by molar-refractivity contribution is 5.12. The lowest BCUT2D eigenvalue weighted by atomic mass is 9.99. The molecule has 1 aliphatic rings. The zero-order chi connectivity index (χ0) is 11.1. The van der Waals surface area contributed by atoms with Crippen LogP contribution < -0.4 is 5.32 Å². The fourth-order valence-corrected chi connectivity index (χ4v) is 2.09. The Labute approximate surface area is 92.8 Å². The van der Waals surface area contributed by atoms with E-state index in [1.807, 2.05) is 0 Å². The maximum Gasteiger partial charge on any atom is 0.109 e. The summed E-state index contributed by atoms with van der Waals surface area (Å²) in [6.45, 7) is 5.98. The third kappa shape index (κ3) is 3.48. The van der Waals surface area contributed by atoms with Gasteiger partial charge in [-0.05, 0) is 32.2 Å². The summed E-state index contributed by atoms with van der Waals surface area (Å²) in [4.78, 5) is 0. The smallest absolute Gasteiger partial charge is 0.109 e. The van der Waals surface area contributed by atoms with E-state index < -0.39 is 0 Å². The van der Waals surface area contributed by atoms with Crippen LogP contribution in [0, 0.1) is 11.3 Å². The molecule has 1 N–H and O–H groups in total. The molecule has 2 atom stereocenters. The van der Waals surface area contributed by atoms with Gasteiger partial charge in [0.05, 0.1) is 12.2 Å². The molecule has 0 aromatic heterocycles. The molecule has 15 heavy (non-hydrogen) atoms. The standard InChI is InChI=1S/C12H22N2O/c1-3-7-14-12(10-13)6-5-11(9-12)15-8-4-2/h11,14H,3-9H2,1-2H3. The fourth-order valence-electron chi connectivity index (χ4n) is 2.09. The predicted octanol–water partition coefficient (Wildman–Crippen LogP) is 2.23. The lowest BCUT2D eigenvalue weighted by Gasteiger charge is -2.22. The highest BCUT2D eigenvalue weighted by atomic mass is 16.5. The van der Waals surface area contributed by atoms with Gasteiger partial charge in [-0.1, -0.05) is 13.8 Å². The van der Waals surface area contributed by atoms with Crippen LogP contribution in [-0.2, 0) is 4.74 Å². The number of nitriles is 1. The molecule has 3 heteroatoms. The molecule has 1 saturated carbocycles. The molecular weight excluding hydrogens is 188 g/mol. The van der Waals surface area contributed by atoms with Gasteiger partial charge in [0.2, 0.25) is 0 Å². The predicted molar refractivity (Wildman–Crippen MR) is 60.5 cm³/mol. The minimum absolute atomic E-state index is 0.286. The summed E-state index contributed by atoms with van der Waals surface area (Å²) in [7, 11) is 0. The van der Waals surface area contributed by atoms with Crippen LogP contribution in [0.3, 0.4) is 0 Å². The first kappa shape index (κ1) is 12.5. The monoisotopic (exact) mass is 210 g/mol. The van der Waals surface area contributed by atoms with Gasteiger partial charge in [0.1, 0.15) is 5.54 Å². The van der Waals surface area contributed by atoms with E-state index in [0.717, 1.165) is 45.3 Å². The molecular formula is C12H22N2O. The van der Waals surface area contributed by atoms with Crippen LogP contribution in [0.5, 0.6) is 0 Å². The van der Waals surface area contributed by atoms with Crippen molar-refractivity contribution in [3.63, 3.8) is 0 Å². The van der Waals surface area contributed by atoms with Gasteiger partial charge in [0, 0.05) is 13.0 Å². The molecule has 3 nitrogen and oxygen atoms in total. The normalized spacial score (nSPS) is 30.3. The van der Waals surface area contributed by atoms with E-state index in [1.54, 1.807) is 0 Å². The Bertz CT molecular complexity index is 224. The highest BCUT2D eigenvalue weighted by Gasteiger charge is 2.39. The van der Waals surface area contributed by atoms with Crippen LogP contribution in [0.1, 0.15) is 46.0 Å². The van der Waals surface area contributed by atoms with E-state index in [1.165, 1.54) is 0 Å². The third-order valence-electron chi connectivity index (χ3n) is 2.95. The van der Waals surface area contributed by atoms with Crippen molar-refractivity contribution >= 4 is 0 Å². The molecule has 0 amide bonds. The Hall–Kier alpha value is -0.590. The van der Waals surface area contributed by atoms with Gasteiger partial charge < -0.3 is 4.74 Å². The molecule has 2 unspecified atom stereocenters. The number of rotatable bonds is 6. The lowest BCUT2D eigenvalue weighted by molar-refractivity contribution is 0.0552. The van der Waals surface area contributed by atoms with Crippen molar-refractivity contribution in [1.29, 1.82) is 5.26 Å². The van der Waals surface area contributed by atoms with E-state index >= 15 is 0 Å². The zero-order valence-electron chi connectivity index (χ0n) is 9.88. The second-order valence-corrected chi connectivity index (χ2v) is 4.36. The topological polar surface area (TPSA) is 45.0 Å². The number of hydrogen-bond acceptors (Lipinski definition) is 3. The molecule has 0 aromatic rings. The van der Waals surface area contributed by atoms with E-state index in [2.05, 4.69) is 25.2 Å². The maximum atomic E-state index is 9.22. The number of nitrogens with one attached hydrogen (secondary N) is 1. The SMILES string of the molecule is CCCNC1(C#N)CCC(OCCC)C1. The van der Waals surface area contributed by atoms with Gasteiger partial charge in [-0.3, -0.25) is 5.32 Å². The van der Waals surface area contributed by atoms with E-state index in [9.17, 15) is 5.26 Å². The van der Waals surface area contributed by atoms with E-state index in [4.69, 9.17) is 4.74 Å². The molecule has 0 bridgehead atoms. The summed E-state index contributed by atoms with van der Waals surface area (Å²) in [6, 6.07) is 2.43. The summed E-state index contributed by atoms with van der Waals surface area (Å²) in [6.07, 6.45) is 5.21. The molecule has 0 heterocycles. The van der Waals surface area contributed by atoms with Crippen LogP contribution in [0.4, 0.5) is 0 Å². The maximum absolute atomic E-state index is 9.22. The molecule has 0 spiro atoms. The minimum atomic E-state index is -0.311. The molecule has 1 aliphatic carbocycles. The Morgan fingerprint density at radius 2 is 2.27 bits per heavy atom. The van der Waals surface area contributed by atoms with Gasteiger partial charge in [-0.15, -0.1) is 0 Å². The fraction of sp³-hybridized carbons (Fsp3) is 0.917. The van der Waals surface area contributed by atoms with Crippen molar-refractivity contribution in [1.82, 2.24) is 5.32 Å². The first-order valence-corrected chi connectivity index (χ1v) is 6.04. The second kappa shape index (κ2) is 6.09. The second-order valence-electron chi connectivity index (χ2n) is 4.36. The Balaban J connectivity index is 2.39. The minimum Gasteiger partial charge on any atom is -0.378 e. The van der Waals surface area contributed by atoms with Crippen LogP contribution >= 0.6 is 0 Å². The molecule has 1 fully saturated rings. The van der Waals surface area contributed by atoms with Crippen molar-refractivity contribution in [2.24, 2.45) is 0 Å². The van der Waals surface area contributed by atoms with Gasteiger partial charge in [0.25, 0.3) is 0 Å². The summed E-state index contributed by atoms with van der Waals surface area (Å²) < 4.78 is 5.70. The van der Waals surface area contributed by atoms with Crippen molar-refractivity contribution in [3.05, 3.63) is 0 Å². The average Bonchev–Trinajstić information content (AvgIpc) is 2.68. The average molecular weight is 210 g/mol. The summed E-state index contributed by atoms with van der Waals surface area (Å²) in [5, 5.41) is 12.6. The molecule has 0 radical (unpaired) electrons. The quantitative estimate of drug-likeness (QED) is 0.731. The van der Waals surface area contributed by atoms with Crippen LogP contribution in [0.25, 0.3) is 0 Å². The largest absolute Gasteiger partial charge is 0.378 e. The van der Waals surface area contributed by atoms with Crippen LogP contribution in [-0.4, -0.2) is 24.8 Å². The lowest BCUT2D eigenvalue weighted by Crippen LogP contribution is -2.42. The van der Waals surface area contributed by atoms with Gasteiger partial charge >= 0.3 is 0 Å². The van der Waals surface area contributed by atoms with Gasteiger partial charge in [0.15, 0.2) is 0 Å². The molecule has 86 valence electrons. The Kier molecular flexibility index (Phi) is 5.07. The zero-order valence-corrected chi connectivity index (χ0v) is 9.88. The number of hydrogen-bond donors (Lipinski definition) is 1. The Morgan fingerprint density at radius 1 is 1.47 bits per heavy atom. The van der Waals surface area contributed by atoms with Gasteiger partial charge in [-0.25, -0.2) is 0 Å². The number of nitrogens with zero attached hydrogens (tertiary/aromatic N) is 1. The molecule has 1 rings (SSSR count). The van der Waals surface area contributed by atoms with Crippen molar-refractivity contribution in [2.45, 2.75) is 57.6 Å². The highest BCUT2D eigenvalue weighted by Crippen LogP contribution is 2.31. The summed E-state index contributed by atoms with van der Waals surface area (Å²) in [5.41, 5.74) is -0.311. The van der Waals surface area contributed by atoms with E-state index in [-0.39, 0.29) is 11.6 Å². The van der Waals surface area contributed by atoms with Crippen molar-refractivity contribution in [3.8, 4) is 6.07 Å². The van der Waals surface area contributed by atoms with Crippen LogP contribution in [0.15, 0.2) is 0 Å². The summed E-state index contributed by atoms with van der Waals surface area (Å²) >= 11 is 0. The molecule has 0 aromatic carbocycles. The third-order valence-corrected chi connectivity index (χ3v) is 2.95. The Morgan fingerprint density at radius 3 is 2.87 bits per heavy atom. The van der Waals surface area contributed by atoms with Crippen LogP contribution in [0.2, 0.25) is 0 Å². The number of ether oxygens (including phenoxy) is 1. The van der Waals surface area contributed by atoms with Crippen molar-refractivity contribution in [2.75, 3.05) is 13.2 Å². The molecule has 0 saturated heterocycles. The first-order chi connectivity index (χ1) is 7.26. The first-order valence-electron chi connectivity index (χ1n) is 6.04.